The molecule has 0 radical (unpaired) electrons. The van der Waals surface area contributed by atoms with Crippen molar-refractivity contribution in [3.05, 3.63) is 54.4 Å². The van der Waals surface area contributed by atoms with Gasteiger partial charge in [0.15, 0.2) is 5.96 Å². The number of amides is 1. The molecule has 3 rings (SSSR count). The van der Waals surface area contributed by atoms with Gasteiger partial charge >= 0.3 is 0 Å². The second-order valence-corrected chi connectivity index (χ2v) is 6.46. The molecule has 1 aromatic carbocycles. The predicted octanol–water partition coefficient (Wildman–Crippen LogP) is 1.97. The van der Waals surface area contributed by atoms with Gasteiger partial charge in [-0.1, -0.05) is 12.1 Å². The number of guanidine groups is 1. The summed E-state index contributed by atoms with van der Waals surface area (Å²) in [7, 11) is 1.75. The van der Waals surface area contributed by atoms with Crippen molar-refractivity contribution in [2.45, 2.75) is 32.0 Å². The van der Waals surface area contributed by atoms with Crippen LogP contribution in [0.25, 0.3) is 0 Å². The zero-order valence-corrected chi connectivity index (χ0v) is 15.6. The van der Waals surface area contributed by atoms with E-state index in [4.69, 9.17) is 4.74 Å². The normalized spacial score (nSPS) is 16.9. The number of anilines is 1. The lowest BCUT2D eigenvalue weighted by atomic mass is 10.2. The highest BCUT2D eigenvalue weighted by Crippen LogP contribution is 2.16. The SMILES string of the molecule is CN=C(NCCn1cccc1)NCc1cccc(NC(=O)C2CCCO2)c1. The van der Waals surface area contributed by atoms with Crippen LogP contribution in [0.4, 0.5) is 5.69 Å². The van der Waals surface area contributed by atoms with Crippen LogP contribution in [0, 0.1) is 0 Å². The minimum atomic E-state index is -0.324. The Morgan fingerprint density at radius 3 is 2.85 bits per heavy atom. The van der Waals surface area contributed by atoms with Crippen LogP contribution in [0.15, 0.2) is 53.8 Å². The summed E-state index contributed by atoms with van der Waals surface area (Å²) in [6.07, 6.45) is 5.48. The number of aromatic nitrogens is 1. The Labute approximate surface area is 159 Å². The maximum absolute atomic E-state index is 12.2. The summed E-state index contributed by atoms with van der Waals surface area (Å²) in [6.45, 7) is 2.94. The van der Waals surface area contributed by atoms with Crippen molar-refractivity contribution in [1.82, 2.24) is 15.2 Å². The third-order valence-electron chi connectivity index (χ3n) is 4.43. The highest BCUT2D eigenvalue weighted by atomic mass is 16.5. The fourth-order valence-corrected chi connectivity index (χ4v) is 3.00. The molecular formula is C20H27N5O2. The largest absolute Gasteiger partial charge is 0.368 e. The van der Waals surface area contributed by atoms with Gasteiger partial charge in [-0.3, -0.25) is 9.79 Å². The first-order valence-electron chi connectivity index (χ1n) is 9.31. The van der Waals surface area contributed by atoms with Gasteiger partial charge in [-0.2, -0.15) is 0 Å². The zero-order valence-electron chi connectivity index (χ0n) is 15.6. The number of carbonyl (C=O) groups excluding carboxylic acids is 1. The van der Waals surface area contributed by atoms with Crippen molar-refractivity contribution in [2.24, 2.45) is 4.99 Å². The number of rotatable bonds is 7. The van der Waals surface area contributed by atoms with Gasteiger partial charge < -0.3 is 25.3 Å². The number of benzene rings is 1. The summed E-state index contributed by atoms with van der Waals surface area (Å²) in [5.74, 6) is 0.677. The molecule has 3 N–H and O–H groups in total. The summed E-state index contributed by atoms with van der Waals surface area (Å²) in [4.78, 5) is 16.4. The van der Waals surface area contributed by atoms with Crippen LogP contribution in [0.2, 0.25) is 0 Å². The molecule has 1 aliphatic heterocycles. The van der Waals surface area contributed by atoms with E-state index in [1.54, 1.807) is 7.05 Å². The molecule has 27 heavy (non-hydrogen) atoms. The molecule has 0 saturated carbocycles. The average Bonchev–Trinajstić information content (AvgIpc) is 3.38. The van der Waals surface area contributed by atoms with Crippen LogP contribution in [-0.4, -0.2) is 42.7 Å². The molecule has 1 unspecified atom stereocenters. The lowest BCUT2D eigenvalue weighted by Crippen LogP contribution is -2.38. The number of nitrogens with zero attached hydrogens (tertiary/aromatic N) is 2. The first kappa shape index (κ1) is 19.0. The molecule has 7 nitrogen and oxygen atoms in total. The molecule has 0 aliphatic carbocycles. The van der Waals surface area contributed by atoms with Crippen molar-refractivity contribution in [2.75, 3.05) is 25.5 Å². The minimum absolute atomic E-state index is 0.0694. The van der Waals surface area contributed by atoms with E-state index < -0.39 is 0 Å². The summed E-state index contributed by atoms with van der Waals surface area (Å²) < 4.78 is 7.54. The molecule has 1 saturated heterocycles. The fraction of sp³-hybridized carbons (Fsp3) is 0.400. The summed E-state index contributed by atoms with van der Waals surface area (Å²) >= 11 is 0. The molecule has 2 heterocycles. The molecule has 0 spiro atoms. The van der Waals surface area contributed by atoms with E-state index in [0.29, 0.717) is 13.2 Å². The van der Waals surface area contributed by atoms with E-state index in [2.05, 4.69) is 25.5 Å². The van der Waals surface area contributed by atoms with E-state index in [1.807, 2.05) is 48.8 Å². The zero-order chi connectivity index (χ0) is 18.9. The van der Waals surface area contributed by atoms with Crippen molar-refractivity contribution < 1.29 is 9.53 Å². The third kappa shape index (κ3) is 5.86. The molecule has 1 amide bonds. The van der Waals surface area contributed by atoms with Gasteiger partial charge in [-0.15, -0.1) is 0 Å². The van der Waals surface area contributed by atoms with Gasteiger partial charge in [0.25, 0.3) is 5.91 Å². The van der Waals surface area contributed by atoms with Gasteiger partial charge in [0, 0.05) is 51.4 Å². The number of ether oxygens (including phenoxy) is 1. The van der Waals surface area contributed by atoms with Gasteiger partial charge in [0.1, 0.15) is 6.10 Å². The molecular weight excluding hydrogens is 342 g/mol. The Kier molecular flexibility index (Phi) is 6.87. The van der Waals surface area contributed by atoms with Gasteiger partial charge in [-0.25, -0.2) is 0 Å². The number of nitrogens with one attached hydrogen (secondary N) is 3. The van der Waals surface area contributed by atoms with E-state index in [9.17, 15) is 4.79 Å². The van der Waals surface area contributed by atoms with E-state index in [1.165, 1.54) is 0 Å². The monoisotopic (exact) mass is 369 g/mol. The fourth-order valence-electron chi connectivity index (χ4n) is 3.00. The standard InChI is InChI=1S/C20H27N5O2/c1-21-20(22-9-12-25-10-2-3-11-25)23-15-16-6-4-7-17(14-16)24-19(26)18-8-5-13-27-18/h2-4,6-7,10-11,14,18H,5,8-9,12-13,15H2,1H3,(H,24,26)(H2,21,22,23). The molecule has 1 aliphatic rings. The lowest BCUT2D eigenvalue weighted by molar-refractivity contribution is -0.124. The number of carbonyl (C=O) groups is 1. The highest BCUT2D eigenvalue weighted by molar-refractivity contribution is 5.94. The molecule has 0 bridgehead atoms. The van der Waals surface area contributed by atoms with Crippen LogP contribution in [0.1, 0.15) is 18.4 Å². The van der Waals surface area contributed by atoms with Gasteiger partial charge in [-0.05, 0) is 42.7 Å². The van der Waals surface area contributed by atoms with Gasteiger partial charge in [0.05, 0.1) is 0 Å². The Hall–Kier alpha value is -2.80. The smallest absolute Gasteiger partial charge is 0.253 e. The summed E-state index contributed by atoms with van der Waals surface area (Å²) in [6, 6.07) is 11.8. The minimum Gasteiger partial charge on any atom is -0.368 e. The molecule has 1 atom stereocenters. The predicted molar refractivity (Wildman–Crippen MR) is 107 cm³/mol. The third-order valence-corrected chi connectivity index (χ3v) is 4.43. The summed E-state index contributed by atoms with van der Waals surface area (Å²) in [5, 5.41) is 9.52. The first-order valence-corrected chi connectivity index (χ1v) is 9.31. The van der Waals surface area contributed by atoms with Crippen molar-refractivity contribution in [3.8, 4) is 0 Å². The molecule has 1 aromatic heterocycles. The molecule has 2 aromatic rings. The van der Waals surface area contributed by atoms with Crippen molar-refractivity contribution in [3.63, 3.8) is 0 Å². The van der Waals surface area contributed by atoms with Crippen LogP contribution >= 0.6 is 0 Å². The lowest BCUT2D eigenvalue weighted by Gasteiger charge is -2.14. The first-order chi connectivity index (χ1) is 13.2. The molecule has 1 fully saturated rings. The van der Waals surface area contributed by atoms with E-state index in [-0.39, 0.29) is 12.0 Å². The highest BCUT2D eigenvalue weighted by Gasteiger charge is 2.23. The van der Waals surface area contributed by atoms with Crippen molar-refractivity contribution >= 4 is 17.6 Å². The Bertz CT molecular complexity index is 751. The Morgan fingerprint density at radius 1 is 1.26 bits per heavy atom. The number of aliphatic imine (C=N–C) groups is 1. The average molecular weight is 369 g/mol. The second kappa shape index (κ2) is 9.78. The number of hydrogen-bond donors (Lipinski definition) is 3. The van der Waals surface area contributed by atoms with Crippen LogP contribution < -0.4 is 16.0 Å². The quantitative estimate of drug-likeness (QED) is 0.515. The number of hydrogen-bond acceptors (Lipinski definition) is 3. The maximum Gasteiger partial charge on any atom is 0.253 e. The van der Waals surface area contributed by atoms with E-state index in [0.717, 1.165) is 43.1 Å². The second-order valence-electron chi connectivity index (χ2n) is 6.46. The Morgan fingerprint density at radius 2 is 2.11 bits per heavy atom. The topological polar surface area (TPSA) is 79.7 Å². The van der Waals surface area contributed by atoms with Gasteiger partial charge in [0.2, 0.25) is 0 Å². The molecule has 7 heteroatoms. The van der Waals surface area contributed by atoms with E-state index >= 15 is 0 Å². The van der Waals surface area contributed by atoms with Crippen LogP contribution in [0.5, 0.6) is 0 Å². The summed E-state index contributed by atoms with van der Waals surface area (Å²) in [5.41, 5.74) is 1.85. The van der Waals surface area contributed by atoms with Crippen LogP contribution in [0.3, 0.4) is 0 Å². The van der Waals surface area contributed by atoms with Crippen molar-refractivity contribution in [1.29, 1.82) is 0 Å². The Balaban J connectivity index is 1.45. The molecule has 144 valence electrons. The maximum atomic E-state index is 12.2. The van der Waals surface area contributed by atoms with Crippen LogP contribution in [-0.2, 0) is 22.6 Å².